The number of hydrogen-bond acceptors (Lipinski definition) is 2. The Labute approximate surface area is 150 Å². The van der Waals surface area contributed by atoms with E-state index in [0.717, 1.165) is 17.0 Å². The van der Waals surface area contributed by atoms with Gasteiger partial charge in [-0.2, -0.15) is 0 Å². The Kier molecular flexibility index (Phi) is 6.02. The maximum atomic E-state index is 12.1. The molecule has 132 valence electrons. The van der Waals surface area contributed by atoms with Crippen LogP contribution in [0.1, 0.15) is 45.7 Å². The van der Waals surface area contributed by atoms with Gasteiger partial charge in [0, 0.05) is 11.8 Å². The molecular formula is C22H27NO2. The Bertz CT molecular complexity index is 737. The molecule has 2 aromatic rings. The van der Waals surface area contributed by atoms with E-state index < -0.39 is 0 Å². The highest BCUT2D eigenvalue weighted by atomic mass is 16.5. The van der Waals surface area contributed by atoms with E-state index in [9.17, 15) is 4.79 Å². The minimum atomic E-state index is -0.154. The normalized spacial score (nSPS) is 11.8. The summed E-state index contributed by atoms with van der Waals surface area (Å²) in [6.45, 7) is 10.5. The molecule has 0 saturated carbocycles. The quantitative estimate of drug-likeness (QED) is 0.740. The summed E-state index contributed by atoms with van der Waals surface area (Å²) >= 11 is 0. The first-order valence-electron chi connectivity index (χ1n) is 8.60. The lowest BCUT2D eigenvalue weighted by atomic mass is 9.87. The van der Waals surface area contributed by atoms with E-state index in [2.05, 4.69) is 26.1 Å². The van der Waals surface area contributed by atoms with Crippen molar-refractivity contribution in [1.82, 2.24) is 0 Å². The van der Waals surface area contributed by atoms with E-state index in [4.69, 9.17) is 4.74 Å². The van der Waals surface area contributed by atoms with E-state index in [0.29, 0.717) is 0 Å². The molecule has 1 N–H and O–H groups in total. The molecule has 0 saturated heterocycles. The summed E-state index contributed by atoms with van der Waals surface area (Å²) in [5.41, 5.74) is 3.06. The van der Waals surface area contributed by atoms with Gasteiger partial charge in [-0.05, 0) is 60.7 Å². The zero-order valence-corrected chi connectivity index (χ0v) is 15.7. The molecule has 3 heteroatoms. The predicted molar refractivity (Wildman–Crippen MR) is 105 cm³/mol. The largest absolute Gasteiger partial charge is 0.491 e. The van der Waals surface area contributed by atoms with Gasteiger partial charge in [-0.15, -0.1) is 0 Å². The van der Waals surface area contributed by atoms with Gasteiger partial charge in [0.2, 0.25) is 5.91 Å². The molecule has 0 radical (unpaired) electrons. The Hall–Kier alpha value is -2.55. The van der Waals surface area contributed by atoms with Gasteiger partial charge in [0.05, 0.1) is 6.10 Å². The summed E-state index contributed by atoms with van der Waals surface area (Å²) in [5.74, 6) is 0.647. The van der Waals surface area contributed by atoms with Crippen LogP contribution in [0.3, 0.4) is 0 Å². The number of carbonyl (C=O) groups is 1. The molecule has 2 aromatic carbocycles. The van der Waals surface area contributed by atoms with Gasteiger partial charge in [0.25, 0.3) is 0 Å². The fourth-order valence-electron chi connectivity index (χ4n) is 2.37. The van der Waals surface area contributed by atoms with Gasteiger partial charge < -0.3 is 10.1 Å². The lowest BCUT2D eigenvalue weighted by Gasteiger charge is -2.19. The topological polar surface area (TPSA) is 38.3 Å². The Morgan fingerprint density at radius 3 is 2.36 bits per heavy atom. The second kappa shape index (κ2) is 8.02. The van der Waals surface area contributed by atoms with Crippen LogP contribution in [-0.4, -0.2) is 12.0 Å². The van der Waals surface area contributed by atoms with Crippen LogP contribution >= 0.6 is 0 Å². The summed E-state index contributed by atoms with van der Waals surface area (Å²) in [4.78, 5) is 12.1. The molecule has 0 aliphatic heterocycles. The molecule has 0 aliphatic carbocycles. The second-order valence-electron chi connectivity index (χ2n) is 7.39. The number of anilines is 1. The first-order valence-corrected chi connectivity index (χ1v) is 8.60. The zero-order valence-electron chi connectivity index (χ0n) is 15.7. The van der Waals surface area contributed by atoms with Crippen molar-refractivity contribution in [1.29, 1.82) is 0 Å². The number of amides is 1. The molecule has 0 bridgehead atoms. The average molecular weight is 337 g/mol. The Morgan fingerprint density at radius 1 is 1.08 bits per heavy atom. The predicted octanol–water partition coefficient (Wildman–Crippen LogP) is 5.42. The highest BCUT2D eigenvalue weighted by molar-refractivity contribution is 6.01. The first-order chi connectivity index (χ1) is 11.7. The van der Waals surface area contributed by atoms with E-state index in [1.807, 2.05) is 62.4 Å². The number of rotatable bonds is 5. The second-order valence-corrected chi connectivity index (χ2v) is 7.39. The van der Waals surface area contributed by atoms with Crippen molar-refractivity contribution in [3.05, 3.63) is 65.7 Å². The summed E-state index contributed by atoms with van der Waals surface area (Å²) < 4.78 is 5.66. The third kappa shape index (κ3) is 6.11. The van der Waals surface area contributed by atoms with Gasteiger partial charge in [-0.25, -0.2) is 0 Å². The van der Waals surface area contributed by atoms with Gasteiger partial charge in [0.1, 0.15) is 5.75 Å². The minimum absolute atomic E-state index is 0.103. The number of nitrogens with one attached hydrogen (secondary N) is 1. The average Bonchev–Trinajstić information content (AvgIpc) is 2.52. The highest BCUT2D eigenvalue weighted by Gasteiger charge is 2.12. The SMILES string of the molecule is CC(C)Oc1cccc(/C=C/C(=O)Nc2ccc(C(C)(C)C)cc2)c1. The highest BCUT2D eigenvalue weighted by Crippen LogP contribution is 2.23. The van der Waals surface area contributed by atoms with Gasteiger partial charge in [0.15, 0.2) is 0 Å². The third-order valence-corrected chi connectivity index (χ3v) is 3.68. The first kappa shape index (κ1) is 18.8. The molecule has 0 spiro atoms. The smallest absolute Gasteiger partial charge is 0.248 e. The van der Waals surface area contributed by atoms with Crippen molar-refractivity contribution in [2.45, 2.75) is 46.1 Å². The number of hydrogen-bond donors (Lipinski definition) is 1. The molecule has 0 unspecified atom stereocenters. The molecular weight excluding hydrogens is 310 g/mol. The molecule has 1 amide bonds. The lowest BCUT2D eigenvalue weighted by Crippen LogP contribution is -2.12. The molecule has 0 fully saturated rings. The minimum Gasteiger partial charge on any atom is -0.491 e. The summed E-state index contributed by atoms with van der Waals surface area (Å²) in [7, 11) is 0. The molecule has 3 nitrogen and oxygen atoms in total. The van der Waals surface area contributed by atoms with Crippen LogP contribution in [0.4, 0.5) is 5.69 Å². The summed E-state index contributed by atoms with van der Waals surface area (Å²) in [5, 5.41) is 2.88. The van der Waals surface area contributed by atoms with Crippen molar-refractivity contribution in [3.8, 4) is 5.75 Å². The third-order valence-electron chi connectivity index (χ3n) is 3.68. The van der Waals surface area contributed by atoms with Crippen molar-refractivity contribution >= 4 is 17.7 Å². The summed E-state index contributed by atoms with van der Waals surface area (Å²) in [6.07, 6.45) is 3.44. The van der Waals surface area contributed by atoms with Crippen LogP contribution in [0.25, 0.3) is 6.08 Å². The van der Waals surface area contributed by atoms with Crippen LogP contribution < -0.4 is 10.1 Å². The molecule has 0 aliphatic rings. The van der Waals surface area contributed by atoms with Crippen LogP contribution in [-0.2, 0) is 10.2 Å². The molecule has 25 heavy (non-hydrogen) atoms. The molecule has 2 rings (SSSR count). The van der Waals surface area contributed by atoms with Gasteiger partial charge in [-0.1, -0.05) is 45.0 Å². The standard InChI is InChI=1S/C22H27NO2/c1-16(2)25-20-8-6-7-17(15-20)9-14-21(24)23-19-12-10-18(11-13-19)22(3,4)5/h6-16H,1-5H3,(H,23,24)/b14-9+. The molecule has 0 heterocycles. The maximum Gasteiger partial charge on any atom is 0.248 e. The zero-order chi connectivity index (χ0) is 18.4. The van der Waals surface area contributed by atoms with E-state index in [-0.39, 0.29) is 17.4 Å². The van der Waals surface area contributed by atoms with Crippen molar-refractivity contribution in [2.24, 2.45) is 0 Å². The Balaban J connectivity index is 1.99. The molecule has 0 aromatic heterocycles. The lowest BCUT2D eigenvalue weighted by molar-refractivity contribution is -0.111. The van der Waals surface area contributed by atoms with Crippen molar-refractivity contribution < 1.29 is 9.53 Å². The van der Waals surface area contributed by atoms with Crippen LogP contribution in [0.2, 0.25) is 0 Å². The fraction of sp³-hybridized carbons (Fsp3) is 0.318. The van der Waals surface area contributed by atoms with Crippen molar-refractivity contribution in [3.63, 3.8) is 0 Å². The van der Waals surface area contributed by atoms with Crippen LogP contribution in [0.15, 0.2) is 54.6 Å². The molecule has 0 atom stereocenters. The van der Waals surface area contributed by atoms with Gasteiger partial charge >= 0.3 is 0 Å². The fourth-order valence-corrected chi connectivity index (χ4v) is 2.37. The number of carbonyl (C=O) groups excluding carboxylic acids is 1. The van der Waals surface area contributed by atoms with Crippen molar-refractivity contribution in [2.75, 3.05) is 5.32 Å². The monoisotopic (exact) mass is 337 g/mol. The summed E-state index contributed by atoms with van der Waals surface area (Å²) in [6, 6.07) is 15.6. The van der Waals surface area contributed by atoms with Crippen LogP contribution in [0.5, 0.6) is 5.75 Å². The number of ether oxygens (including phenoxy) is 1. The van der Waals surface area contributed by atoms with E-state index in [1.165, 1.54) is 11.6 Å². The van der Waals surface area contributed by atoms with Crippen LogP contribution in [0, 0.1) is 0 Å². The number of benzene rings is 2. The Morgan fingerprint density at radius 2 is 1.76 bits per heavy atom. The van der Waals surface area contributed by atoms with E-state index in [1.54, 1.807) is 6.08 Å². The maximum absolute atomic E-state index is 12.1. The van der Waals surface area contributed by atoms with Gasteiger partial charge in [-0.3, -0.25) is 4.79 Å². The van der Waals surface area contributed by atoms with E-state index >= 15 is 0 Å².